The Morgan fingerprint density at radius 3 is 2.35 bits per heavy atom. The highest BCUT2D eigenvalue weighted by atomic mass is 35.5. The zero-order valence-electron chi connectivity index (χ0n) is 13.8. The summed E-state index contributed by atoms with van der Waals surface area (Å²) >= 11 is 0. The van der Waals surface area contributed by atoms with E-state index in [4.69, 9.17) is 14.2 Å². The third-order valence-corrected chi connectivity index (χ3v) is 3.81. The molecule has 1 aromatic carbocycles. The van der Waals surface area contributed by atoms with Gasteiger partial charge in [0, 0.05) is 19.0 Å². The Balaban J connectivity index is 0.00000264. The highest BCUT2D eigenvalue weighted by Crippen LogP contribution is 2.38. The minimum absolute atomic E-state index is 0. The summed E-state index contributed by atoms with van der Waals surface area (Å²) in [5, 5.41) is 6.25. The van der Waals surface area contributed by atoms with Crippen molar-refractivity contribution in [3.05, 3.63) is 17.7 Å². The Kier molecular flexibility index (Phi) is 7.98. The second kappa shape index (κ2) is 9.47. The van der Waals surface area contributed by atoms with E-state index in [1.54, 1.807) is 21.3 Å². The minimum atomic E-state index is 0. The van der Waals surface area contributed by atoms with Gasteiger partial charge in [-0.1, -0.05) is 0 Å². The molecule has 0 bridgehead atoms. The Morgan fingerprint density at radius 1 is 1.22 bits per heavy atom. The lowest BCUT2D eigenvalue weighted by atomic mass is 10.1. The number of carbonyl (C=O) groups excluding carboxylic acids is 1. The molecule has 23 heavy (non-hydrogen) atoms. The summed E-state index contributed by atoms with van der Waals surface area (Å²) < 4.78 is 15.9. The summed E-state index contributed by atoms with van der Waals surface area (Å²) in [7, 11) is 4.72. The quantitative estimate of drug-likeness (QED) is 0.790. The molecule has 0 aromatic heterocycles. The fourth-order valence-corrected chi connectivity index (χ4v) is 2.66. The first-order chi connectivity index (χ1) is 10.7. The summed E-state index contributed by atoms with van der Waals surface area (Å²) in [5.41, 5.74) is 0.905. The van der Waals surface area contributed by atoms with Crippen LogP contribution in [0.3, 0.4) is 0 Å². The Labute approximate surface area is 143 Å². The smallest absolute Gasteiger partial charge is 0.221 e. The molecule has 2 N–H and O–H groups in total. The first-order valence-corrected chi connectivity index (χ1v) is 7.47. The van der Waals surface area contributed by atoms with E-state index in [0.717, 1.165) is 24.9 Å². The lowest BCUT2D eigenvalue weighted by molar-refractivity contribution is -0.121. The molecule has 6 nitrogen and oxygen atoms in total. The van der Waals surface area contributed by atoms with Gasteiger partial charge < -0.3 is 24.8 Å². The van der Waals surface area contributed by atoms with Crippen LogP contribution in [-0.4, -0.2) is 39.8 Å². The van der Waals surface area contributed by atoms with Crippen molar-refractivity contribution in [1.82, 2.24) is 10.6 Å². The molecule has 2 rings (SSSR count). The first kappa shape index (κ1) is 19.4. The predicted molar refractivity (Wildman–Crippen MR) is 90.8 cm³/mol. The molecule has 1 amide bonds. The van der Waals surface area contributed by atoms with Crippen LogP contribution in [0.5, 0.6) is 17.2 Å². The maximum Gasteiger partial charge on any atom is 0.221 e. The molecular weight excluding hydrogens is 320 g/mol. The second-order valence-corrected chi connectivity index (χ2v) is 5.31. The topological polar surface area (TPSA) is 68.8 Å². The molecule has 0 radical (unpaired) electrons. The molecule has 130 valence electrons. The van der Waals surface area contributed by atoms with Crippen LogP contribution in [0.15, 0.2) is 12.1 Å². The summed E-state index contributed by atoms with van der Waals surface area (Å²) in [5.74, 6) is 1.77. The molecule has 1 atom stereocenters. The largest absolute Gasteiger partial charge is 0.493 e. The zero-order valence-corrected chi connectivity index (χ0v) is 14.6. The highest BCUT2D eigenvalue weighted by molar-refractivity contribution is 5.85. The average molecular weight is 345 g/mol. The average Bonchev–Trinajstić information content (AvgIpc) is 3.04. The number of methoxy groups -OCH3 is 3. The molecule has 1 aromatic rings. The van der Waals surface area contributed by atoms with E-state index < -0.39 is 0 Å². The predicted octanol–water partition coefficient (Wildman–Crippen LogP) is 1.89. The SMILES string of the molecule is COc1cc(CNC(=O)CC2CCCN2)cc(OC)c1OC.Cl. The third kappa shape index (κ3) is 5.18. The van der Waals surface area contributed by atoms with Crippen molar-refractivity contribution in [2.24, 2.45) is 0 Å². The fourth-order valence-electron chi connectivity index (χ4n) is 2.66. The first-order valence-electron chi connectivity index (χ1n) is 7.47. The van der Waals surface area contributed by atoms with Crippen LogP contribution in [0, 0.1) is 0 Å². The molecule has 0 aliphatic carbocycles. The fraction of sp³-hybridized carbons (Fsp3) is 0.562. The van der Waals surface area contributed by atoms with Crippen LogP contribution < -0.4 is 24.8 Å². The number of nitrogens with one attached hydrogen (secondary N) is 2. The van der Waals surface area contributed by atoms with Gasteiger partial charge >= 0.3 is 0 Å². The molecule has 7 heteroatoms. The molecule has 0 saturated carbocycles. The van der Waals surface area contributed by atoms with Crippen LogP contribution in [-0.2, 0) is 11.3 Å². The number of halogens is 1. The van der Waals surface area contributed by atoms with Crippen molar-refractivity contribution in [2.75, 3.05) is 27.9 Å². The zero-order chi connectivity index (χ0) is 15.9. The summed E-state index contributed by atoms with van der Waals surface area (Å²) in [4.78, 5) is 12.0. The monoisotopic (exact) mass is 344 g/mol. The standard InChI is InChI=1S/C16H24N2O4.ClH/c1-20-13-7-11(8-14(21-2)16(13)22-3)10-18-15(19)9-12-5-4-6-17-12;/h7-8,12,17H,4-6,9-10H2,1-3H3,(H,18,19);1H. The minimum Gasteiger partial charge on any atom is -0.493 e. The molecule has 1 saturated heterocycles. The van der Waals surface area contributed by atoms with Crippen molar-refractivity contribution in [3.8, 4) is 17.2 Å². The van der Waals surface area contributed by atoms with E-state index in [2.05, 4.69) is 10.6 Å². The summed E-state index contributed by atoms with van der Waals surface area (Å²) in [6.45, 7) is 1.44. The van der Waals surface area contributed by atoms with Gasteiger partial charge in [-0.3, -0.25) is 4.79 Å². The number of rotatable bonds is 7. The Bertz CT molecular complexity index is 494. The van der Waals surface area contributed by atoms with E-state index in [0.29, 0.717) is 36.3 Å². The molecule has 1 unspecified atom stereocenters. The van der Waals surface area contributed by atoms with Crippen LogP contribution in [0.25, 0.3) is 0 Å². The van der Waals surface area contributed by atoms with Crippen LogP contribution in [0.1, 0.15) is 24.8 Å². The number of hydrogen-bond donors (Lipinski definition) is 2. The van der Waals surface area contributed by atoms with Gasteiger partial charge in [-0.25, -0.2) is 0 Å². The van der Waals surface area contributed by atoms with E-state index in [-0.39, 0.29) is 18.3 Å². The number of carbonyl (C=O) groups is 1. The molecular formula is C16H25ClN2O4. The number of benzene rings is 1. The van der Waals surface area contributed by atoms with Gasteiger partial charge in [0.15, 0.2) is 11.5 Å². The van der Waals surface area contributed by atoms with Crippen molar-refractivity contribution in [3.63, 3.8) is 0 Å². The van der Waals surface area contributed by atoms with Gasteiger partial charge in [-0.15, -0.1) is 12.4 Å². The maximum atomic E-state index is 12.0. The van der Waals surface area contributed by atoms with Gasteiger partial charge in [0.1, 0.15) is 0 Å². The normalized spacial score (nSPS) is 16.4. The van der Waals surface area contributed by atoms with Crippen molar-refractivity contribution in [1.29, 1.82) is 0 Å². The van der Waals surface area contributed by atoms with Gasteiger partial charge in [0.2, 0.25) is 11.7 Å². The van der Waals surface area contributed by atoms with Crippen LogP contribution in [0.4, 0.5) is 0 Å². The third-order valence-electron chi connectivity index (χ3n) is 3.81. The van der Waals surface area contributed by atoms with Crippen molar-refractivity contribution in [2.45, 2.75) is 31.8 Å². The highest BCUT2D eigenvalue weighted by Gasteiger charge is 2.18. The van der Waals surface area contributed by atoms with E-state index in [9.17, 15) is 4.79 Å². The van der Waals surface area contributed by atoms with Crippen molar-refractivity contribution < 1.29 is 19.0 Å². The van der Waals surface area contributed by atoms with E-state index >= 15 is 0 Å². The number of ether oxygens (including phenoxy) is 3. The maximum absolute atomic E-state index is 12.0. The molecule has 1 fully saturated rings. The lowest BCUT2D eigenvalue weighted by Gasteiger charge is -2.15. The van der Waals surface area contributed by atoms with Crippen LogP contribution >= 0.6 is 12.4 Å². The van der Waals surface area contributed by atoms with Gasteiger partial charge in [-0.05, 0) is 37.1 Å². The van der Waals surface area contributed by atoms with E-state index in [1.165, 1.54) is 0 Å². The Hall–Kier alpha value is -1.66. The molecule has 1 heterocycles. The number of hydrogen-bond acceptors (Lipinski definition) is 5. The van der Waals surface area contributed by atoms with E-state index in [1.807, 2.05) is 12.1 Å². The molecule has 0 spiro atoms. The second-order valence-electron chi connectivity index (χ2n) is 5.31. The van der Waals surface area contributed by atoms with Crippen LogP contribution in [0.2, 0.25) is 0 Å². The van der Waals surface area contributed by atoms with Gasteiger partial charge in [0.05, 0.1) is 21.3 Å². The Morgan fingerprint density at radius 2 is 1.87 bits per heavy atom. The summed E-state index contributed by atoms with van der Waals surface area (Å²) in [6, 6.07) is 3.99. The molecule has 1 aliphatic rings. The lowest BCUT2D eigenvalue weighted by Crippen LogP contribution is -2.31. The van der Waals surface area contributed by atoms with Crippen molar-refractivity contribution >= 4 is 18.3 Å². The number of amides is 1. The van der Waals surface area contributed by atoms with Gasteiger partial charge in [-0.2, -0.15) is 0 Å². The molecule has 1 aliphatic heterocycles. The summed E-state index contributed by atoms with van der Waals surface area (Å²) in [6.07, 6.45) is 2.73. The van der Waals surface area contributed by atoms with Gasteiger partial charge in [0.25, 0.3) is 0 Å².